The van der Waals surface area contributed by atoms with E-state index < -0.39 is 0 Å². The van der Waals surface area contributed by atoms with Gasteiger partial charge in [0.25, 0.3) is 0 Å². The van der Waals surface area contributed by atoms with Crippen molar-refractivity contribution in [1.29, 1.82) is 0 Å². The summed E-state index contributed by atoms with van der Waals surface area (Å²) >= 11 is 0. The van der Waals surface area contributed by atoms with Gasteiger partial charge in [0.05, 0.1) is 22.1 Å². The molecule has 0 amide bonds. The van der Waals surface area contributed by atoms with E-state index in [-0.39, 0.29) is 0 Å². The van der Waals surface area contributed by atoms with E-state index in [1.165, 1.54) is 59.3 Å². The van der Waals surface area contributed by atoms with Crippen molar-refractivity contribution in [1.82, 2.24) is 19.1 Å². The van der Waals surface area contributed by atoms with Gasteiger partial charge in [0.2, 0.25) is 0 Å². The molecule has 0 unspecified atom stereocenters. The molecule has 5 nitrogen and oxygen atoms in total. The Labute approximate surface area is 279 Å². The highest BCUT2D eigenvalue weighted by atomic mass is 15.2. The third-order valence-electron chi connectivity index (χ3n) is 11.6. The number of benzene rings is 5. The minimum absolute atomic E-state index is 0.611. The Balaban J connectivity index is 1.21. The Morgan fingerprint density at radius 3 is 1.29 bits per heavy atom. The molecule has 4 fully saturated rings. The van der Waals surface area contributed by atoms with Crippen molar-refractivity contribution >= 4 is 49.3 Å². The molecule has 0 spiro atoms. The molecule has 4 bridgehead atoms. The predicted octanol–water partition coefficient (Wildman–Crippen LogP) is 10.1. The van der Waals surface area contributed by atoms with Crippen LogP contribution in [0.4, 0.5) is 5.69 Å². The maximum absolute atomic E-state index is 5.50. The SMILES string of the molecule is c1ccc(N2C3CC4CC(C3)CC2C4)c(-c2nc(-n3c4ccccc4c4ccccc43)cc(-n3c4ccccc4c4ccccc43)n2)c1. The average molecular weight is 622 g/mol. The van der Waals surface area contributed by atoms with E-state index in [0.717, 1.165) is 56.9 Å². The maximum Gasteiger partial charge on any atom is 0.166 e. The van der Waals surface area contributed by atoms with Crippen LogP contribution < -0.4 is 4.90 Å². The van der Waals surface area contributed by atoms with Crippen molar-refractivity contribution in [3.63, 3.8) is 0 Å². The predicted molar refractivity (Wildman–Crippen MR) is 196 cm³/mol. The minimum Gasteiger partial charge on any atom is -0.365 e. The molecule has 4 aliphatic rings. The van der Waals surface area contributed by atoms with Crippen LogP contribution in [0.3, 0.4) is 0 Å². The number of para-hydroxylation sites is 5. The van der Waals surface area contributed by atoms with Gasteiger partial charge in [0, 0.05) is 50.9 Å². The number of hydrogen-bond acceptors (Lipinski definition) is 3. The van der Waals surface area contributed by atoms with Gasteiger partial charge < -0.3 is 4.90 Å². The highest BCUT2D eigenvalue weighted by Gasteiger charge is 2.47. The fraction of sp³-hybridized carbons (Fsp3) is 0.209. The molecule has 12 rings (SSSR count). The Morgan fingerprint density at radius 2 is 0.833 bits per heavy atom. The van der Waals surface area contributed by atoms with Crippen LogP contribution in [0.5, 0.6) is 0 Å². The fourth-order valence-corrected chi connectivity index (χ4v) is 9.92. The van der Waals surface area contributed by atoms with Gasteiger partial charge in [-0.25, -0.2) is 9.97 Å². The first-order valence-electron chi connectivity index (χ1n) is 17.5. The number of anilines is 1. The second kappa shape index (κ2) is 10.0. The fourth-order valence-electron chi connectivity index (χ4n) is 9.92. The smallest absolute Gasteiger partial charge is 0.166 e. The summed E-state index contributed by atoms with van der Waals surface area (Å²) in [4.78, 5) is 13.8. The average Bonchev–Trinajstić information content (AvgIpc) is 3.64. The van der Waals surface area contributed by atoms with Gasteiger partial charge in [-0.05, 0) is 80.3 Å². The van der Waals surface area contributed by atoms with Crippen LogP contribution >= 0.6 is 0 Å². The number of aromatic nitrogens is 4. The second-order valence-corrected chi connectivity index (χ2v) is 14.3. The molecule has 2 saturated carbocycles. The topological polar surface area (TPSA) is 38.9 Å². The zero-order chi connectivity index (χ0) is 31.3. The monoisotopic (exact) mass is 621 g/mol. The second-order valence-electron chi connectivity index (χ2n) is 14.3. The van der Waals surface area contributed by atoms with Crippen LogP contribution in [-0.2, 0) is 0 Å². The largest absolute Gasteiger partial charge is 0.365 e. The molecule has 2 saturated heterocycles. The van der Waals surface area contributed by atoms with Crippen LogP contribution in [0.15, 0.2) is 127 Å². The Morgan fingerprint density at radius 1 is 0.438 bits per heavy atom. The molecule has 8 aromatic rings. The lowest BCUT2D eigenvalue weighted by atomic mass is 9.63. The summed E-state index contributed by atoms with van der Waals surface area (Å²) in [5, 5.41) is 4.91. The van der Waals surface area contributed by atoms with E-state index in [0.29, 0.717) is 12.1 Å². The van der Waals surface area contributed by atoms with Crippen molar-refractivity contribution < 1.29 is 0 Å². The van der Waals surface area contributed by atoms with Gasteiger partial charge in [0.15, 0.2) is 5.82 Å². The summed E-state index contributed by atoms with van der Waals surface area (Å²) in [5.41, 5.74) is 7.00. The van der Waals surface area contributed by atoms with Gasteiger partial charge >= 0.3 is 0 Å². The first-order valence-corrected chi connectivity index (χ1v) is 17.5. The standard InChI is InChI=1S/C43H35N5/c1-6-16-36-31(11-1)32-12-2-7-17-37(32)47(36)41-26-42(48-38-18-8-3-13-33(38)34-14-4-9-19-39(34)48)45-43(44-41)35-15-5-10-20-40(35)46-29-22-27-21-28(24-29)25-30(46)23-27/h1-20,26-30H,21-25H2. The van der Waals surface area contributed by atoms with Gasteiger partial charge in [-0.2, -0.15) is 0 Å². The molecule has 3 aromatic heterocycles. The summed E-state index contributed by atoms with van der Waals surface area (Å²) < 4.78 is 4.66. The molecule has 48 heavy (non-hydrogen) atoms. The van der Waals surface area contributed by atoms with Gasteiger partial charge in [0.1, 0.15) is 11.6 Å². The zero-order valence-corrected chi connectivity index (χ0v) is 26.7. The Hall–Kier alpha value is -5.42. The lowest BCUT2D eigenvalue weighted by Crippen LogP contribution is -2.58. The van der Waals surface area contributed by atoms with Crippen LogP contribution in [0.1, 0.15) is 32.1 Å². The third kappa shape index (κ3) is 3.79. The zero-order valence-electron chi connectivity index (χ0n) is 26.7. The molecule has 2 aliphatic heterocycles. The number of rotatable bonds is 4. The van der Waals surface area contributed by atoms with E-state index in [1.54, 1.807) is 0 Å². The molecule has 232 valence electrons. The summed E-state index contributed by atoms with van der Waals surface area (Å²) in [6, 6.07) is 47.1. The minimum atomic E-state index is 0.611. The van der Waals surface area contributed by atoms with Crippen molar-refractivity contribution in [2.24, 2.45) is 11.8 Å². The van der Waals surface area contributed by atoms with Crippen molar-refractivity contribution in [2.45, 2.75) is 44.2 Å². The number of nitrogens with zero attached hydrogens (tertiary/aromatic N) is 5. The lowest BCUT2D eigenvalue weighted by Gasteiger charge is -2.57. The first kappa shape index (κ1) is 26.6. The number of fused-ring (bicyclic) bond motifs is 6. The van der Waals surface area contributed by atoms with Crippen molar-refractivity contribution in [2.75, 3.05) is 4.90 Å². The van der Waals surface area contributed by atoms with E-state index in [2.05, 4.69) is 141 Å². The van der Waals surface area contributed by atoms with E-state index in [4.69, 9.17) is 9.97 Å². The molecule has 5 aromatic carbocycles. The molecular weight excluding hydrogens is 587 g/mol. The van der Waals surface area contributed by atoms with Crippen molar-refractivity contribution in [3.8, 4) is 23.0 Å². The van der Waals surface area contributed by atoms with E-state index in [1.807, 2.05) is 0 Å². The van der Waals surface area contributed by atoms with E-state index in [9.17, 15) is 0 Å². The highest BCUT2D eigenvalue weighted by molar-refractivity contribution is 6.10. The Kier molecular flexibility index (Phi) is 5.57. The normalized spacial score (nSPS) is 21.7. The van der Waals surface area contributed by atoms with Crippen LogP contribution in [0.25, 0.3) is 66.6 Å². The van der Waals surface area contributed by atoms with Gasteiger partial charge in [-0.3, -0.25) is 9.13 Å². The van der Waals surface area contributed by atoms with Crippen LogP contribution in [-0.4, -0.2) is 31.2 Å². The summed E-state index contributed by atoms with van der Waals surface area (Å²) in [6.45, 7) is 0. The quantitative estimate of drug-likeness (QED) is 0.196. The number of hydrogen-bond donors (Lipinski definition) is 0. The van der Waals surface area contributed by atoms with Crippen LogP contribution in [0.2, 0.25) is 0 Å². The molecule has 0 N–H and O–H groups in total. The van der Waals surface area contributed by atoms with Gasteiger partial charge in [-0.1, -0.05) is 84.9 Å². The summed E-state index contributed by atoms with van der Waals surface area (Å²) in [5.74, 6) is 4.32. The molecule has 2 aliphatic carbocycles. The molecule has 5 heterocycles. The molecule has 0 radical (unpaired) electrons. The third-order valence-corrected chi connectivity index (χ3v) is 11.6. The first-order chi connectivity index (χ1) is 23.8. The van der Waals surface area contributed by atoms with Crippen molar-refractivity contribution in [3.05, 3.63) is 127 Å². The molecule has 0 atom stereocenters. The van der Waals surface area contributed by atoms with E-state index >= 15 is 0 Å². The van der Waals surface area contributed by atoms with Gasteiger partial charge in [-0.15, -0.1) is 0 Å². The molecule has 5 heteroatoms. The lowest BCUT2D eigenvalue weighted by molar-refractivity contribution is 0.0901. The molecular formula is C43H35N5. The maximum atomic E-state index is 5.50. The number of piperidine rings is 2. The highest BCUT2D eigenvalue weighted by Crippen LogP contribution is 2.52. The van der Waals surface area contributed by atoms with Crippen LogP contribution in [0, 0.1) is 11.8 Å². The summed E-state index contributed by atoms with van der Waals surface area (Å²) in [7, 11) is 0. The Bertz CT molecular complexity index is 2290. The summed E-state index contributed by atoms with van der Waals surface area (Å²) in [6.07, 6.45) is 6.70.